The molecule has 2 heterocycles. The Kier molecular flexibility index (Phi) is 4.73. The maximum absolute atomic E-state index is 12.4. The van der Waals surface area contributed by atoms with Gasteiger partial charge >= 0.3 is 0 Å². The van der Waals surface area contributed by atoms with Crippen molar-refractivity contribution in [3.63, 3.8) is 0 Å². The average molecular weight is 332 g/mol. The Morgan fingerprint density at radius 3 is 2.62 bits per heavy atom. The van der Waals surface area contributed by atoms with Crippen molar-refractivity contribution in [3.05, 3.63) is 28.3 Å². The van der Waals surface area contributed by atoms with Crippen molar-refractivity contribution in [1.29, 1.82) is 0 Å². The van der Waals surface area contributed by atoms with Gasteiger partial charge in [0, 0.05) is 31.7 Å². The van der Waals surface area contributed by atoms with E-state index in [2.05, 4.69) is 33.7 Å². The van der Waals surface area contributed by atoms with Gasteiger partial charge in [-0.3, -0.25) is 9.69 Å². The Labute approximate surface area is 141 Å². The van der Waals surface area contributed by atoms with E-state index < -0.39 is 0 Å². The molecule has 1 atom stereocenters. The molecule has 1 aromatic carbocycles. The van der Waals surface area contributed by atoms with Crippen molar-refractivity contribution in [1.82, 2.24) is 19.8 Å². The average Bonchev–Trinajstić information content (AvgIpc) is 2.56. The van der Waals surface area contributed by atoms with Crippen LogP contribution in [0.3, 0.4) is 0 Å². The van der Waals surface area contributed by atoms with E-state index in [4.69, 9.17) is 9.47 Å². The summed E-state index contributed by atoms with van der Waals surface area (Å²) in [5.74, 6) is 1.77. The monoisotopic (exact) mass is 332 g/mol. The van der Waals surface area contributed by atoms with E-state index in [-0.39, 0.29) is 5.56 Å². The predicted octanol–water partition coefficient (Wildman–Crippen LogP) is 1.08. The van der Waals surface area contributed by atoms with Crippen molar-refractivity contribution in [2.45, 2.75) is 19.5 Å². The zero-order chi connectivity index (χ0) is 17.3. The molecule has 0 amide bonds. The second kappa shape index (κ2) is 6.78. The molecule has 7 heteroatoms. The smallest absolute Gasteiger partial charge is 0.258 e. The number of fused-ring (bicyclic) bond motifs is 1. The summed E-state index contributed by atoms with van der Waals surface area (Å²) < 4.78 is 10.6. The lowest BCUT2D eigenvalue weighted by Gasteiger charge is -2.37. The van der Waals surface area contributed by atoms with Crippen LogP contribution in [0.25, 0.3) is 10.9 Å². The van der Waals surface area contributed by atoms with Crippen LogP contribution >= 0.6 is 0 Å². The first-order valence-electron chi connectivity index (χ1n) is 8.09. The third-order valence-electron chi connectivity index (χ3n) is 4.58. The number of benzene rings is 1. The molecule has 130 valence electrons. The first-order chi connectivity index (χ1) is 11.5. The highest BCUT2D eigenvalue weighted by molar-refractivity contribution is 5.81. The second-order valence-corrected chi connectivity index (χ2v) is 6.32. The van der Waals surface area contributed by atoms with Gasteiger partial charge in [0.05, 0.1) is 31.7 Å². The summed E-state index contributed by atoms with van der Waals surface area (Å²) in [7, 11) is 5.25. The molecule has 0 bridgehead atoms. The highest BCUT2D eigenvalue weighted by atomic mass is 16.5. The lowest BCUT2D eigenvalue weighted by molar-refractivity contribution is 0.0915. The molecular weight excluding hydrogens is 308 g/mol. The molecule has 1 aliphatic heterocycles. The van der Waals surface area contributed by atoms with E-state index in [1.807, 2.05) is 0 Å². The SMILES string of the molecule is COc1cc2nc(CN3CCN(C)CC3C)[nH]c(=O)c2cc1OC. The normalized spacial score (nSPS) is 19.6. The largest absolute Gasteiger partial charge is 0.493 e. The zero-order valence-electron chi connectivity index (χ0n) is 14.6. The van der Waals surface area contributed by atoms with Gasteiger partial charge in [-0.2, -0.15) is 0 Å². The minimum Gasteiger partial charge on any atom is -0.493 e. The van der Waals surface area contributed by atoms with Crippen LogP contribution in [0.15, 0.2) is 16.9 Å². The molecule has 1 saturated heterocycles. The molecule has 0 aliphatic carbocycles. The number of hydrogen-bond acceptors (Lipinski definition) is 6. The number of aromatic nitrogens is 2. The van der Waals surface area contributed by atoms with Gasteiger partial charge in [0.15, 0.2) is 11.5 Å². The fourth-order valence-corrected chi connectivity index (χ4v) is 3.19. The highest BCUT2D eigenvalue weighted by Crippen LogP contribution is 2.30. The third kappa shape index (κ3) is 3.22. The van der Waals surface area contributed by atoms with Crippen LogP contribution in [0.1, 0.15) is 12.7 Å². The number of nitrogens with one attached hydrogen (secondary N) is 1. The van der Waals surface area contributed by atoms with Crippen LogP contribution in [0.4, 0.5) is 0 Å². The van der Waals surface area contributed by atoms with Crippen molar-refractivity contribution >= 4 is 10.9 Å². The number of methoxy groups -OCH3 is 2. The Hall–Kier alpha value is -2.12. The lowest BCUT2D eigenvalue weighted by atomic mass is 10.2. The Morgan fingerprint density at radius 1 is 1.25 bits per heavy atom. The van der Waals surface area contributed by atoms with Crippen LogP contribution in [-0.2, 0) is 6.54 Å². The van der Waals surface area contributed by atoms with Crippen LogP contribution in [0.5, 0.6) is 11.5 Å². The number of H-pyrrole nitrogens is 1. The summed E-state index contributed by atoms with van der Waals surface area (Å²) >= 11 is 0. The van der Waals surface area contributed by atoms with Crippen molar-refractivity contribution in [3.8, 4) is 11.5 Å². The van der Waals surface area contributed by atoms with Gasteiger partial charge in [-0.1, -0.05) is 0 Å². The summed E-state index contributed by atoms with van der Waals surface area (Å²) in [4.78, 5) is 24.6. The number of aromatic amines is 1. The fraction of sp³-hybridized carbons (Fsp3) is 0.529. The van der Waals surface area contributed by atoms with E-state index in [1.54, 1.807) is 26.4 Å². The summed E-state index contributed by atoms with van der Waals surface area (Å²) in [5.41, 5.74) is 0.464. The molecule has 1 fully saturated rings. The van der Waals surface area contributed by atoms with Gasteiger partial charge < -0.3 is 19.4 Å². The summed E-state index contributed by atoms with van der Waals surface area (Å²) in [6.07, 6.45) is 0. The zero-order valence-corrected chi connectivity index (χ0v) is 14.6. The van der Waals surface area contributed by atoms with Gasteiger partial charge in [-0.05, 0) is 20.0 Å². The Balaban J connectivity index is 1.94. The van der Waals surface area contributed by atoms with Crippen molar-refractivity contribution in [2.24, 2.45) is 0 Å². The summed E-state index contributed by atoms with van der Waals surface area (Å²) in [5, 5.41) is 0.503. The number of rotatable bonds is 4. The van der Waals surface area contributed by atoms with Crippen molar-refractivity contribution in [2.75, 3.05) is 40.9 Å². The van der Waals surface area contributed by atoms with Gasteiger partial charge in [-0.15, -0.1) is 0 Å². The molecular formula is C17H24N4O3. The molecule has 7 nitrogen and oxygen atoms in total. The van der Waals surface area contributed by atoms with Gasteiger partial charge in [0.1, 0.15) is 5.82 Å². The quantitative estimate of drug-likeness (QED) is 0.903. The molecule has 0 spiro atoms. The first-order valence-corrected chi connectivity index (χ1v) is 8.09. The molecule has 1 aromatic heterocycles. The van der Waals surface area contributed by atoms with Gasteiger partial charge in [0.25, 0.3) is 5.56 Å². The molecule has 0 saturated carbocycles. The number of likely N-dealkylation sites (N-methyl/N-ethyl adjacent to an activating group) is 1. The number of ether oxygens (including phenoxy) is 2. The maximum Gasteiger partial charge on any atom is 0.258 e. The van der Waals surface area contributed by atoms with Gasteiger partial charge in [-0.25, -0.2) is 4.98 Å². The summed E-state index contributed by atoms with van der Waals surface area (Å²) in [6, 6.07) is 3.85. The highest BCUT2D eigenvalue weighted by Gasteiger charge is 2.22. The topological polar surface area (TPSA) is 70.7 Å². The van der Waals surface area contributed by atoms with Gasteiger partial charge in [0.2, 0.25) is 0 Å². The molecule has 1 unspecified atom stereocenters. The van der Waals surface area contributed by atoms with E-state index in [1.165, 1.54) is 0 Å². The Bertz CT molecular complexity index is 789. The molecule has 1 N–H and O–H groups in total. The maximum atomic E-state index is 12.4. The van der Waals surface area contributed by atoms with Crippen LogP contribution in [0, 0.1) is 0 Å². The standard InChI is InChI=1S/C17H24N4O3/c1-11-9-20(2)5-6-21(11)10-16-18-13-8-15(24-4)14(23-3)7-12(13)17(22)19-16/h7-8,11H,5-6,9-10H2,1-4H3,(H,18,19,22). The summed E-state index contributed by atoms with van der Waals surface area (Å²) in [6.45, 7) is 5.83. The lowest BCUT2D eigenvalue weighted by Crippen LogP contribution is -2.50. The second-order valence-electron chi connectivity index (χ2n) is 6.32. The number of piperazine rings is 1. The molecule has 3 rings (SSSR count). The number of nitrogens with zero attached hydrogens (tertiary/aromatic N) is 3. The fourth-order valence-electron chi connectivity index (χ4n) is 3.19. The minimum atomic E-state index is -0.155. The van der Waals surface area contributed by atoms with Crippen LogP contribution in [0.2, 0.25) is 0 Å². The molecule has 2 aromatic rings. The van der Waals surface area contributed by atoms with Crippen LogP contribution in [-0.4, -0.2) is 66.7 Å². The van der Waals surface area contributed by atoms with E-state index in [0.717, 1.165) is 19.6 Å². The van der Waals surface area contributed by atoms with E-state index >= 15 is 0 Å². The van der Waals surface area contributed by atoms with E-state index in [0.29, 0.717) is 40.8 Å². The first kappa shape index (κ1) is 16.7. The predicted molar refractivity (Wildman–Crippen MR) is 92.8 cm³/mol. The minimum absolute atomic E-state index is 0.155. The number of hydrogen-bond donors (Lipinski definition) is 1. The van der Waals surface area contributed by atoms with Crippen molar-refractivity contribution < 1.29 is 9.47 Å². The van der Waals surface area contributed by atoms with E-state index in [9.17, 15) is 4.79 Å². The molecule has 0 radical (unpaired) electrons. The third-order valence-corrected chi connectivity index (χ3v) is 4.58. The van der Waals surface area contributed by atoms with Crippen LogP contribution < -0.4 is 15.0 Å². The molecule has 24 heavy (non-hydrogen) atoms. The Morgan fingerprint density at radius 2 is 1.96 bits per heavy atom. The molecule has 1 aliphatic rings.